The van der Waals surface area contributed by atoms with Crippen molar-refractivity contribution in [2.45, 2.75) is 39.3 Å². The first kappa shape index (κ1) is 13.9. The summed E-state index contributed by atoms with van der Waals surface area (Å²) in [5.41, 5.74) is 1.18. The largest absolute Gasteiger partial charge is 0.329 e. The molecule has 19 heavy (non-hydrogen) atoms. The Hall–Kier alpha value is -1.49. The lowest BCUT2D eigenvalue weighted by Gasteiger charge is -2.24. The second-order valence-electron chi connectivity index (χ2n) is 5.36. The highest BCUT2D eigenvalue weighted by Gasteiger charge is 2.14. The van der Waals surface area contributed by atoms with E-state index in [2.05, 4.69) is 31.1 Å². The standard InChI is InChI=1S/C14H19F2N3/c1-4-14(2,3)18-5-6-19-9-17-12-7-10(15)11(16)8-13(12)19/h7-9,18H,4-6H2,1-3H3. The minimum Gasteiger partial charge on any atom is -0.329 e. The molecule has 1 heterocycles. The Bertz CT molecular complexity index is 575. The van der Waals surface area contributed by atoms with Gasteiger partial charge in [-0.2, -0.15) is 0 Å². The van der Waals surface area contributed by atoms with Crippen LogP contribution < -0.4 is 5.32 Å². The number of aromatic nitrogens is 2. The van der Waals surface area contributed by atoms with Crippen molar-refractivity contribution < 1.29 is 8.78 Å². The number of halogens is 2. The highest BCUT2D eigenvalue weighted by atomic mass is 19.2. The molecule has 2 aromatic rings. The number of nitrogens with one attached hydrogen (secondary N) is 1. The molecular weight excluding hydrogens is 248 g/mol. The molecular formula is C14H19F2N3. The van der Waals surface area contributed by atoms with E-state index in [0.717, 1.165) is 19.0 Å². The molecule has 1 aromatic heterocycles. The van der Waals surface area contributed by atoms with Crippen molar-refractivity contribution in [1.29, 1.82) is 0 Å². The lowest BCUT2D eigenvalue weighted by molar-refractivity contribution is 0.369. The number of hydrogen-bond acceptors (Lipinski definition) is 2. The summed E-state index contributed by atoms with van der Waals surface area (Å²) in [7, 11) is 0. The average molecular weight is 267 g/mol. The Morgan fingerprint density at radius 2 is 1.95 bits per heavy atom. The van der Waals surface area contributed by atoms with Crippen molar-refractivity contribution in [2.24, 2.45) is 0 Å². The van der Waals surface area contributed by atoms with E-state index < -0.39 is 11.6 Å². The molecule has 1 aromatic carbocycles. The van der Waals surface area contributed by atoms with Crippen LogP contribution in [0, 0.1) is 11.6 Å². The smallest absolute Gasteiger partial charge is 0.161 e. The highest BCUT2D eigenvalue weighted by Crippen LogP contribution is 2.17. The zero-order valence-electron chi connectivity index (χ0n) is 11.5. The van der Waals surface area contributed by atoms with E-state index in [4.69, 9.17) is 0 Å². The van der Waals surface area contributed by atoms with Gasteiger partial charge in [0.25, 0.3) is 0 Å². The maximum atomic E-state index is 13.2. The third kappa shape index (κ3) is 3.10. The Balaban J connectivity index is 2.11. The van der Waals surface area contributed by atoms with Crippen LogP contribution in [0.1, 0.15) is 27.2 Å². The molecule has 0 fully saturated rings. The molecule has 2 rings (SSSR count). The van der Waals surface area contributed by atoms with Gasteiger partial charge in [0.05, 0.1) is 17.4 Å². The van der Waals surface area contributed by atoms with Crippen LogP contribution in [0.5, 0.6) is 0 Å². The molecule has 3 nitrogen and oxygen atoms in total. The predicted molar refractivity (Wildman–Crippen MR) is 72.0 cm³/mol. The lowest BCUT2D eigenvalue weighted by Crippen LogP contribution is -2.40. The van der Waals surface area contributed by atoms with Gasteiger partial charge in [-0.3, -0.25) is 0 Å². The maximum absolute atomic E-state index is 13.2. The molecule has 0 amide bonds. The minimum atomic E-state index is -0.858. The highest BCUT2D eigenvalue weighted by molar-refractivity contribution is 5.75. The van der Waals surface area contributed by atoms with Crippen molar-refractivity contribution in [3.05, 3.63) is 30.1 Å². The first-order valence-electron chi connectivity index (χ1n) is 6.48. The van der Waals surface area contributed by atoms with E-state index >= 15 is 0 Å². The number of nitrogens with zero attached hydrogens (tertiary/aromatic N) is 2. The van der Waals surface area contributed by atoms with Gasteiger partial charge in [0.15, 0.2) is 11.6 Å². The van der Waals surface area contributed by atoms with E-state index in [0.29, 0.717) is 17.6 Å². The van der Waals surface area contributed by atoms with Crippen LogP contribution in [0.15, 0.2) is 18.5 Å². The Morgan fingerprint density at radius 1 is 1.26 bits per heavy atom. The fourth-order valence-corrected chi connectivity index (χ4v) is 1.87. The molecule has 0 aliphatic heterocycles. The summed E-state index contributed by atoms with van der Waals surface area (Å²) in [6, 6.07) is 2.33. The van der Waals surface area contributed by atoms with Gasteiger partial charge in [-0.1, -0.05) is 6.92 Å². The third-order valence-electron chi connectivity index (χ3n) is 3.50. The van der Waals surface area contributed by atoms with Crippen LogP contribution in [0.25, 0.3) is 11.0 Å². The van der Waals surface area contributed by atoms with Crippen LogP contribution in [-0.4, -0.2) is 21.6 Å². The van der Waals surface area contributed by atoms with E-state index in [-0.39, 0.29) is 5.54 Å². The molecule has 104 valence electrons. The lowest BCUT2D eigenvalue weighted by atomic mass is 10.0. The van der Waals surface area contributed by atoms with Gasteiger partial charge >= 0.3 is 0 Å². The van der Waals surface area contributed by atoms with Crippen LogP contribution >= 0.6 is 0 Å². The maximum Gasteiger partial charge on any atom is 0.161 e. The van der Waals surface area contributed by atoms with Gasteiger partial charge in [-0.25, -0.2) is 13.8 Å². The molecule has 0 unspecified atom stereocenters. The fourth-order valence-electron chi connectivity index (χ4n) is 1.87. The van der Waals surface area contributed by atoms with Crippen molar-refractivity contribution in [3.63, 3.8) is 0 Å². The summed E-state index contributed by atoms with van der Waals surface area (Å²) in [4.78, 5) is 4.08. The Labute approximate surface area is 111 Å². The summed E-state index contributed by atoms with van der Waals surface area (Å²) in [5.74, 6) is -1.70. The van der Waals surface area contributed by atoms with Gasteiger partial charge in [0, 0.05) is 30.8 Å². The predicted octanol–water partition coefficient (Wildman–Crippen LogP) is 3.09. The van der Waals surface area contributed by atoms with E-state index in [1.54, 1.807) is 6.33 Å². The van der Waals surface area contributed by atoms with Crippen molar-refractivity contribution in [3.8, 4) is 0 Å². The molecule has 1 N–H and O–H groups in total. The van der Waals surface area contributed by atoms with E-state index in [1.165, 1.54) is 6.07 Å². The molecule has 0 aliphatic rings. The molecule has 0 saturated carbocycles. The third-order valence-corrected chi connectivity index (χ3v) is 3.50. The Kier molecular flexibility index (Phi) is 3.85. The molecule has 0 aliphatic carbocycles. The summed E-state index contributed by atoms with van der Waals surface area (Å²) in [5, 5.41) is 3.42. The molecule has 0 saturated heterocycles. The van der Waals surface area contributed by atoms with Gasteiger partial charge in [-0.15, -0.1) is 0 Å². The summed E-state index contributed by atoms with van der Waals surface area (Å²) < 4.78 is 28.1. The first-order valence-corrected chi connectivity index (χ1v) is 6.48. The average Bonchev–Trinajstić information content (AvgIpc) is 2.73. The number of imidazole rings is 1. The van der Waals surface area contributed by atoms with Crippen LogP contribution in [0.2, 0.25) is 0 Å². The van der Waals surface area contributed by atoms with Crippen LogP contribution in [0.4, 0.5) is 8.78 Å². The number of rotatable bonds is 5. The van der Waals surface area contributed by atoms with Gasteiger partial charge in [0.2, 0.25) is 0 Å². The molecule has 0 atom stereocenters. The van der Waals surface area contributed by atoms with Crippen molar-refractivity contribution in [1.82, 2.24) is 14.9 Å². The summed E-state index contributed by atoms with van der Waals surface area (Å²) >= 11 is 0. The number of fused-ring (bicyclic) bond motifs is 1. The minimum absolute atomic E-state index is 0.0771. The van der Waals surface area contributed by atoms with Crippen molar-refractivity contribution in [2.75, 3.05) is 6.54 Å². The zero-order chi connectivity index (χ0) is 14.0. The van der Waals surface area contributed by atoms with Gasteiger partial charge in [0.1, 0.15) is 0 Å². The summed E-state index contributed by atoms with van der Waals surface area (Å²) in [6.45, 7) is 7.82. The van der Waals surface area contributed by atoms with E-state index in [1.807, 2.05) is 4.57 Å². The SMILES string of the molecule is CCC(C)(C)NCCn1cnc2cc(F)c(F)cc21. The van der Waals surface area contributed by atoms with Crippen LogP contribution in [-0.2, 0) is 6.54 Å². The molecule has 0 spiro atoms. The topological polar surface area (TPSA) is 29.9 Å². The number of hydrogen-bond donors (Lipinski definition) is 1. The monoisotopic (exact) mass is 267 g/mol. The summed E-state index contributed by atoms with van der Waals surface area (Å²) in [6.07, 6.45) is 2.64. The molecule has 5 heteroatoms. The first-order chi connectivity index (χ1) is 8.93. The Morgan fingerprint density at radius 3 is 2.63 bits per heavy atom. The quantitative estimate of drug-likeness (QED) is 0.902. The number of benzene rings is 1. The second-order valence-corrected chi connectivity index (χ2v) is 5.36. The second kappa shape index (κ2) is 5.25. The molecule has 0 radical (unpaired) electrons. The van der Waals surface area contributed by atoms with Crippen molar-refractivity contribution >= 4 is 11.0 Å². The van der Waals surface area contributed by atoms with Crippen LogP contribution in [0.3, 0.4) is 0 Å². The van der Waals surface area contributed by atoms with E-state index in [9.17, 15) is 8.78 Å². The zero-order valence-corrected chi connectivity index (χ0v) is 11.5. The van der Waals surface area contributed by atoms with Gasteiger partial charge in [-0.05, 0) is 20.3 Å². The van der Waals surface area contributed by atoms with Gasteiger partial charge < -0.3 is 9.88 Å². The molecule has 0 bridgehead atoms. The normalized spacial score (nSPS) is 12.3. The fraction of sp³-hybridized carbons (Fsp3) is 0.500.